The van der Waals surface area contributed by atoms with Gasteiger partial charge in [0.05, 0.1) is 0 Å². The molecule has 0 aromatic carbocycles. The maximum Gasteiger partial charge on any atom is 0.0226 e. The van der Waals surface area contributed by atoms with Crippen LogP contribution in [0.3, 0.4) is 0 Å². The first kappa shape index (κ1) is 13.4. The van der Waals surface area contributed by atoms with E-state index in [4.69, 9.17) is 0 Å². The largest absolute Gasteiger partial charge is 0.315 e. The van der Waals surface area contributed by atoms with E-state index in [1.807, 2.05) is 0 Å². The van der Waals surface area contributed by atoms with Crippen LogP contribution in [0.15, 0.2) is 0 Å². The summed E-state index contributed by atoms with van der Waals surface area (Å²) >= 11 is 0. The fourth-order valence-electron chi connectivity index (χ4n) is 3.61. The summed E-state index contributed by atoms with van der Waals surface area (Å²) in [5.74, 6) is 0.825. The van der Waals surface area contributed by atoms with Crippen molar-refractivity contribution < 1.29 is 0 Å². The van der Waals surface area contributed by atoms with Crippen LogP contribution in [0.1, 0.15) is 58.8 Å². The summed E-state index contributed by atoms with van der Waals surface area (Å²) in [5.41, 5.74) is 0. The molecule has 0 bridgehead atoms. The maximum absolute atomic E-state index is 3.63. The Morgan fingerprint density at radius 3 is 2.59 bits per heavy atom. The Hall–Kier alpha value is -0.0800. The zero-order valence-electron chi connectivity index (χ0n) is 11.8. The lowest BCUT2D eigenvalue weighted by molar-refractivity contribution is 0.0999. The van der Waals surface area contributed by atoms with E-state index >= 15 is 0 Å². The highest BCUT2D eigenvalue weighted by Gasteiger charge is 2.28. The summed E-state index contributed by atoms with van der Waals surface area (Å²) in [7, 11) is 0. The fraction of sp³-hybridized carbons (Fsp3) is 1.00. The molecule has 1 atom stereocenters. The molecule has 1 N–H and O–H groups in total. The lowest BCUT2D eigenvalue weighted by Gasteiger charge is -2.39. The number of rotatable bonds is 3. The highest BCUT2D eigenvalue weighted by atomic mass is 15.2. The summed E-state index contributed by atoms with van der Waals surface area (Å²) in [4.78, 5) is 2.86. The van der Waals surface area contributed by atoms with Crippen LogP contribution in [0, 0.1) is 5.92 Å². The highest BCUT2D eigenvalue weighted by Crippen LogP contribution is 2.26. The van der Waals surface area contributed by atoms with Gasteiger partial charge in [-0.25, -0.2) is 0 Å². The normalized spacial score (nSPS) is 29.5. The second-order valence-corrected chi connectivity index (χ2v) is 6.37. The zero-order chi connectivity index (χ0) is 12.1. The second kappa shape index (κ2) is 6.75. The molecule has 1 saturated heterocycles. The molecule has 0 spiro atoms. The van der Waals surface area contributed by atoms with Crippen LogP contribution in [-0.4, -0.2) is 36.6 Å². The van der Waals surface area contributed by atoms with Crippen LogP contribution in [0.25, 0.3) is 0 Å². The second-order valence-electron chi connectivity index (χ2n) is 6.37. The van der Waals surface area contributed by atoms with Crippen LogP contribution >= 0.6 is 0 Å². The summed E-state index contributed by atoms with van der Waals surface area (Å²) < 4.78 is 0. The Bertz CT molecular complexity index is 209. The van der Waals surface area contributed by atoms with Crippen molar-refractivity contribution in [1.82, 2.24) is 10.2 Å². The summed E-state index contributed by atoms with van der Waals surface area (Å²) in [6.45, 7) is 8.50. The van der Waals surface area contributed by atoms with Gasteiger partial charge in [0, 0.05) is 18.6 Å². The third kappa shape index (κ3) is 3.96. The van der Waals surface area contributed by atoms with Gasteiger partial charge in [-0.15, -0.1) is 0 Å². The molecule has 100 valence electrons. The molecule has 0 amide bonds. The first-order valence-corrected chi connectivity index (χ1v) is 7.74. The van der Waals surface area contributed by atoms with E-state index in [2.05, 4.69) is 24.1 Å². The number of hydrogen-bond acceptors (Lipinski definition) is 2. The van der Waals surface area contributed by atoms with Gasteiger partial charge in [-0.1, -0.05) is 33.1 Å². The lowest BCUT2D eigenvalue weighted by atomic mass is 9.91. The molecule has 1 aliphatic carbocycles. The van der Waals surface area contributed by atoms with E-state index in [0.717, 1.165) is 18.0 Å². The van der Waals surface area contributed by atoms with Crippen LogP contribution < -0.4 is 5.32 Å². The van der Waals surface area contributed by atoms with E-state index in [1.165, 1.54) is 64.6 Å². The molecular formula is C15H30N2. The third-order valence-electron chi connectivity index (χ3n) is 4.41. The lowest BCUT2D eigenvalue weighted by Crippen LogP contribution is -2.47. The number of nitrogens with zero attached hydrogens (tertiary/aromatic N) is 1. The van der Waals surface area contributed by atoms with Gasteiger partial charge < -0.3 is 5.32 Å². The molecular weight excluding hydrogens is 208 g/mol. The van der Waals surface area contributed by atoms with Gasteiger partial charge in [-0.2, -0.15) is 0 Å². The van der Waals surface area contributed by atoms with Crippen LogP contribution in [0.4, 0.5) is 0 Å². The minimum Gasteiger partial charge on any atom is -0.315 e. The monoisotopic (exact) mass is 238 g/mol. The molecule has 0 aromatic heterocycles. The van der Waals surface area contributed by atoms with Gasteiger partial charge in [-0.3, -0.25) is 4.90 Å². The molecule has 2 rings (SSSR count). The van der Waals surface area contributed by atoms with E-state index in [1.54, 1.807) is 0 Å². The summed E-state index contributed by atoms with van der Waals surface area (Å²) in [5, 5.41) is 3.63. The van der Waals surface area contributed by atoms with Crippen LogP contribution in [0.2, 0.25) is 0 Å². The molecule has 2 heteroatoms. The number of nitrogens with one attached hydrogen (secondary N) is 1. The maximum atomic E-state index is 3.63. The van der Waals surface area contributed by atoms with Gasteiger partial charge in [0.1, 0.15) is 0 Å². The third-order valence-corrected chi connectivity index (χ3v) is 4.41. The van der Waals surface area contributed by atoms with Crippen LogP contribution in [-0.2, 0) is 0 Å². The van der Waals surface area contributed by atoms with Crippen molar-refractivity contribution in [2.24, 2.45) is 5.92 Å². The highest BCUT2D eigenvalue weighted by molar-refractivity contribution is 4.85. The summed E-state index contributed by atoms with van der Waals surface area (Å²) in [6.07, 6.45) is 10.0. The van der Waals surface area contributed by atoms with Crippen molar-refractivity contribution in [3.05, 3.63) is 0 Å². The Balaban J connectivity index is 1.97. The SMILES string of the molecule is CC(C)CC1CNCCCN1C1CCCCC1. The average Bonchev–Trinajstić information content (AvgIpc) is 2.55. The van der Waals surface area contributed by atoms with Gasteiger partial charge in [-0.05, 0) is 44.7 Å². The smallest absolute Gasteiger partial charge is 0.0226 e. The van der Waals surface area contributed by atoms with Crippen molar-refractivity contribution in [2.75, 3.05) is 19.6 Å². The molecule has 1 heterocycles. The van der Waals surface area contributed by atoms with Crippen molar-refractivity contribution in [3.8, 4) is 0 Å². The minimum atomic E-state index is 0.792. The Morgan fingerprint density at radius 2 is 1.88 bits per heavy atom. The molecule has 1 aliphatic heterocycles. The van der Waals surface area contributed by atoms with E-state index in [9.17, 15) is 0 Å². The Morgan fingerprint density at radius 1 is 1.12 bits per heavy atom. The van der Waals surface area contributed by atoms with Gasteiger partial charge in [0.25, 0.3) is 0 Å². The fourth-order valence-corrected chi connectivity index (χ4v) is 3.61. The molecule has 17 heavy (non-hydrogen) atoms. The van der Waals surface area contributed by atoms with E-state index in [0.29, 0.717) is 0 Å². The van der Waals surface area contributed by atoms with Crippen molar-refractivity contribution >= 4 is 0 Å². The quantitative estimate of drug-likeness (QED) is 0.813. The predicted molar refractivity (Wildman–Crippen MR) is 74.3 cm³/mol. The first-order valence-electron chi connectivity index (χ1n) is 7.74. The predicted octanol–water partition coefficient (Wildman–Crippen LogP) is 3.03. The van der Waals surface area contributed by atoms with Crippen LogP contribution in [0.5, 0.6) is 0 Å². The van der Waals surface area contributed by atoms with E-state index < -0.39 is 0 Å². The molecule has 1 unspecified atom stereocenters. The van der Waals surface area contributed by atoms with Gasteiger partial charge in [0.15, 0.2) is 0 Å². The average molecular weight is 238 g/mol. The van der Waals surface area contributed by atoms with Crippen molar-refractivity contribution in [1.29, 1.82) is 0 Å². The standard InChI is InChI=1S/C15H30N2/c1-13(2)11-15-12-16-9-6-10-17(15)14-7-4-3-5-8-14/h13-16H,3-12H2,1-2H3. The molecule has 1 saturated carbocycles. The molecule has 2 fully saturated rings. The summed E-state index contributed by atoms with van der Waals surface area (Å²) in [6, 6.07) is 1.69. The van der Waals surface area contributed by atoms with Gasteiger partial charge >= 0.3 is 0 Å². The zero-order valence-corrected chi connectivity index (χ0v) is 11.8. The number of hydrogen-bond donors (Lipinski definition) is 1. The van der Waals surface area contributed by atoms with E-state index in [-0.39, 0.29) is 0 Å². The van der Waals surface area contributed by atoms with Crippen molar-refractivity contribution in [2.45, 2.75) is 70.9 Å². The van der Waals surface area contributed by atoms with Crippen molar-refractivity contribution in [3.63, 3.8) is 0 Å². The van der Waals surface area contributed by atoms with Gasteiger partial charge in [0.2, 0.25) is 0 Å². The molecule has 0 aromatic rings. The first-order chi connectivity index (χ1) is 8.27. The Labute approximate surface area is 107 Å². The molecule has 0 radical (unpaired) electrons. The minimum absolute atomic E-state index is 0.792. The Kier molecular flexibility index (Phi) is 5.30. The molecule has 2 aliphatic rings. The molecule has 2 nitrogen and oxygen atoms in total. The topological polar surface area (TPSA) is 15.3 Å².